The van der Waals surface area contributed by atoms with Gasteiger partial charge in [-0.2, -0.15) is 0 Å². The summed E-state index contributed by atoms with van der Waals surface area (Å²) >= 11 is 0. The third-order valence-electron chi connectivity index (χ3n) is 3.36. The van der Waals surface area contributed by atoms with E-state index in [-0.39, 0.29) is 5.91 Å². The lowest BCUT2D eigenvalue weighted by atomic mass is 10.1. The second-order valence-electron chi connectivity index (χ2n) is 5.18. The maximum atomic E-state index is 11.9. The van der Waals surface area contributed by atoms with Gasteiger partial charge in [0.15, 0.2) is 0 Å². The maximum Gasteiger partial charge on any atom is 0.224 e. The summed E-state index contributed by atoms with van der Waals surface area (Å²) in [6, 6.07) is 5.65. The molecule has 1 aromatic carbocycles. The molecule has 0 bridgehead atoms. The zero-order valence-corrected chi connectivity index (χ0v) is 12.3. The van der Waals surface area contributed by atoms with Crippen LogP contribution in [0.2, 0.25) is 0 Å². The first kappa shape index (κ1) is 15.1. The Morgan fingerprint density at radius 3 is 2.95 bits per heavy atom. The van der Waals surface area contributed by atoms with Gasteiger partial charge < -0.3 is 11.1 Å². The van der Waals surface area contributed by atoms with Crippen molar-refractivity contribution in [2.24, 2.45) is 11.7 Å². The number of tetrazole rings is 1. The largest absolute Gasteiger partial charge is 0.330 e. The molecule has 7 heteroatoms. The molecule has 112 valence electrons. The second kappa shape index (κ2) is 6.94. The number of aryl methyl sites for hydroxylation is 1. The number of carbonyl (C=O) groups is 1. The van der Waals surface area contributed by atoms with E-state index in [1.54, 1.807) is 4.68 Å². The Balaban J connectivity index is 2.04. The van der Waals surface area contributed by atoms with Crippen LogP contribution in [0.5, 0.6) is 0 Å². The van der Waals surface area contributed by atoms with E-state index in [1.165, 1.54) is 6.33 Å². The molecule has 0 radical (unpaired) electrons. The summed E-state index contributed by atoms with van der Waals surface area (Å²) in [5, 5.41) is 14.0. The van der Waals surface area contributed by atoms with Crippen molar-refractivity contribution in [3.8, 4) is 5.69 Å². The molecule has 0 aliphatic rings. The van der Waals surface area contributed by atoms with Crippen molar-refractivity contribution in [3.05, 3.63) is 30.1 Å². The molecule has 0 aliphatic heterocycles. The molecule has 0 fully saturated rings. The fourth-order valence-corrected chi connectivity index (χ4v) is 1.92. The molecule has 0 saturated carbocycles. The van der Waals surface area contributed by atoms with E-state index >= 15 is 0 Å². The summed E-state index contributed by atoms with van der Waals surface area (Å²) < 4.78 is 1.57. The number of hydrogen-bond acceptors (Lipinski definition) is 5. The highest BCUT2D eigenvalue weighted by Crippen LogP contribution is 2.18. The fraction of sp³-hybridized carbons (Fsp3) is 0.429. The SMILES string of the molecule is Cc1ccc(NC(=O)CCC(C)CN)cc1-n1cnnn1. The number of rotatable bonds is 6. The summed E-state index contributed by atoms with van der Waals surface area (Å²) in [6.07, 6.45) is 2.78. The fourth-order valence-electron chi connectivity index (χ4n) is 1.92. The number of aromatic nitrogens is 4. The zero-order valence-electron chi connectivity index (χ0n) is 12.3. The van der Waals surface area contributed by atoms with Crippen molar-refractivity contribution < 1.29 is 4.79 Å². The molecule has 2 aromatic rings. The highest BCUT2D eigenvalue weighted by molar-refractivity contribution is 5.91. The summed E-state index contributed by atoms with van der Waals surface area (Å²) in [5.41, 5.74) is 8.15. The van der Waals surface area contributed by atoms with Gasteiger partial charge in [-0.3, -0.25) is 4.79 Å². The van der Waals surface area contributed by atoms with Crippen molar-refractivity contribution in [1.82, 2.24) is 20.2 Å². The third-order valence-corrected chi connectivity index (χ3v) is 3.36. The minimum absolute atomic E-state index is 0.0122. The number of hydrogen-bond donors (Lipinski definition) is 2. The summed E-state index contributed by atoms with van der Waals surface area (Å²) in [5.74, 6) is 0.340. The van der Waals surface area contributed by atoms with Gasteiger partial charge in [-0.25, -0.2) is 4.68 Å². The van der Waals surface area contributed by atoms with Crippen LogP contribution >= 0.6 is 0 Å². The Bertz CT molecular complexity index is 596. The van der Waals surface area contributed by atoms with E-state index in [4.69, 9.17) is 5.73 Å². The van der Waals surface area contributed by atoms with Crippen molar-refractivity contribution >= 4 is 11.6 Å². The van der Waals surface area contributed by atoms with Crippen molar-refractivity contribution in [1.29, 1.82) is 0 Å². The van der Waals surface area contributed by atoms with Crippen LogP contribution < -0.4 is 11.1 Å². The predicted octanol–water partition coefficient (Wildman–Crippen LogP) is 1.28. The lowest BCUT2D eigenvalue weighted by Crippen LogP contribution is -2.16. The molecule has 1 aromatic heterocycles. The Labute approximate surface area is 123 Å². The molecule has 0 spiro atoms. The molecule has 2 rings (SSSR count). The van der Waals surface area contributed by atoms with Crippen molar-refractivity contribution in [3.63, 3.8) is 0 Å². The first-order chi connectivity index (χ1) is 10.1. The molecular weight excluding hydrogens is 268 g/mol. The molecular formula is C14H20N6O. The first-order valence-corrected chi connectivity index (χ1v) is 6.94. The number of nitrogens with two attached hydrogens (primary N) is 1. The lowest BCUT2D eigenvalue weighted by Gasteiger charge is -2.11. The molecule has 1 unspecified atom stereocenters. The van der Waals surface area contributed by atoms with Gasteiger partial charge in [-0.15, -0.1) is 5.10 Å². The summed E-state index contributed by atoms with van der Waals surface area (Å²) in [6.45, 7) is 4.60. The van der Waals surface area contributed by atoms with Crippen molar-refractivity contribution in [2.75, 3.05) is 11.9 Å². The van der Waals surface area contributed by atoms with Crippen molar-refractivity contribution in [2.45, 2.75) is 26.7 Å². The van der Waals surface area contributed by atoms with Crippen LogP contribution in [0.4, 0.5) is 5.69 Å². The van der Waals surface area contributed by atoms with Gasteiger partial charge in [0, 0.05) is 12.1 Å². The molecule has 3 N–H and O–H groups in total. The average Bonchev–Trinajstić information content (AvgIpc) is 3.00. The van der Waals surface area contributed by atoms with Gasteiger partial charge in [0.05, 0.1) is 5.69 Å². The molecule has 1 atom stereocenters. The van der Waals surface area contributed by atoms with Gasteiger partial charge in [0.25, 0.3) is 0 Å². The van der Waals surface area contributed by atoms with Crippen LogP contribution in [0.25, 0.3) is 5.69 Å². The normalized spacial score (nSPS) is 12.1. The minimum Gasteiger partial charge on any atom is -0.330 e. The highest BCUT2D eigenvalue weighted by atomic mass is 16.1. The van der Waals surface area contributed by atoms with Crippen LogP contribution in [0.1, 0.15) is 25.3 Å². The predicted molar refractivity (Wildman–Crippen MR) is 80.0 cm³/mol. The zero-order chi connectivity index (χ0) is 15.2. The van der Waals surface area contributed by atoms with Crippen LogP contribution in [0, 0.1) is 12.8 Å². The summed E-state index contributed by atoms with van der Waals surface area (Å²) in [7, 11) is 0. The number of nitrogens with zero attached hydrogens (tertiary/aromatic N) is 4. The Morgan fingerprint density at radius 1 is 1.48 bits per heavy atom. The Morgan fingerprint density at radius 2 is 2.29 bits per heavy atom. The standard InChI is InChI=1S/C14H20N6O/c1-10(8-15)3-6-14(21)17-12-5-4-11(2)13(7-12)20-9-16-18-19-20/h4-5,7,9-10H,3,6,8,15H2,1-2H3,(H,17,21). The Kier molecular flexibility index (Phi) is 4.99. The van der Waals surface area contributed by atoms with Gasteiger partial charge in [0.2, 0.25) is 5.91 Å². The van der Waals surface area contributed by atoms with E-state index < -0.39 is 0 Å². The van der Waals surface area contributed by atoms with E-state index in [0.29, 0.717) is 18.9 Å². The van der Waals surface area contributed by atoms with E-state index in [1.807, 2.05) is 32.0 Å². The number of amides is 1. The first-order valence-electron chi connectivity index (χ1n) is 6.94. The molecule has 21 heavy (non-hydrogen) atoms. The van der Waals surface area contributed by atoms with Gasteiger partial charge in [0.1, 0.15) is 6.33 Å². The van der Waals surface area contributed by atoms with Gasteiger partial charge in [-0.1, -0.05) is 13.0 Å². The molecule has 1 amide bonds. The smallest absolute Gasteiger partial charge is 0.224 e. The number of nitrogens with one attached hydrogen (secondary N) is 1. The maximum absolute atomic E-state index is 11.9. The second-order valence-corrected chi connectivity index (χ2v) is 5.18. The molecule has 0 saturated heterocycles. The van der Waals surface area contributed by atoms with Crippen LogP contribution in [-0.4, -0.2) is 32.7 Å². The highest BCUT2D eigenvalue weighted by Gasteiger charge is 2.08. The van der Waals surface area contributed by atoms with Crippen LogP contribution in [0.3, 0.4) is 0 Å². The third kappa shape index (κ3) is 4.09. The number of benzene rings is 1. The minimum atomic E-state index is -0.0122. The molecule has 0 aliphatic carbocycles. The van der Waals surface area contributed by atoms with Gasteiger partial charge >= 0.3 is 0 Å². The number of anilines is 1. The molecule has 7 nitrogen and oxygen atoms in total. The molecule has 1 heterocycles. The number of carbonyl (C=O) groups excluding carboxylic acids is 1. The Hall–Kier alpha value is -2.28. The van der Waals surface area contributed by atoms with E-state index in [2.05, 4.69) is 20.8 Å². The van der Waals surface area contributed by atoms with E-state index in [0.717, 1.165) is 23.4 Å². The lowest BCUT2D eigenvalue weighted by molar-refractivity contribution is -0.116. The quantitative estimate of drug-likeness (QED) is 0.834. The monoisotopic (exact) mass is 288 g/mol. The topological polar surface area (TPSA) is 98.7 Å². The van der Waals surface area contributed by atoms with Gasteiger partial charge in [-0.05, 0) is 53.9 Å². The van der Waals surface area contributed by atoms with E-state index in [9.17, 15) is 4.79 Å². The van der Waals surface area contributed by atoms with Crippen LogP contribution in [0.15, 0.2) is 24.5 Å². The van der Waals surface area contributed by atoms with Crippen LogP contribution in [-0.2, 0) is 4.79 Å². The average molecular weight is 288 g/mol. The summed E-state index contributed by atoms with van der Waals surface area (Å²) in [4.78, 5) is 11.9.